The molecule has 0 bridgehead atoms. The van der Waals surface area contributed by atoms with Crippen molar-refractivity contribution in [1.82, 2.24) is 10.9 Å². The molecule has 96 valence electrons. The average Bonchev–Trinajstić information content (AvgIpc) is 2.15. The van der Waals surface area contributed by atoms with E-state index in [2.05, 4.69) is 23.5 Å². The lowest BCUT2D eigenvalue weighted by Crippen LogP contribution is -2.37. The minimum atomic E-state index is -0.594. The Labute approximate surface area is 105 Å². The highest BCUT2D eigenvalue weighted by Gasteiger charge is 1.99. The molecule has 0 atom stereocenters. The maximum absolute atomic E-state index is 13.4. The molecule has 0 aromatic rings. The summed E-state index contributed by atoms with van der Waals surface area (Å²) in [6.45, 7) is 2.81. The molecule has 0 aromatic carbocycles. The van der Waals surface area contributed by atoms with Gasteiger partial charge in [0.05, 0.1) is 18.1 Å². The second-order valence-corrected chi connectivity index (χ2v) is 3.79. The second-order valence-electron chi connectivity index (χ2n) is 3.28. The van der Waals surface area contributed by atoms with Gasteiger partial charge in [0.1, 0.15) is 11.7 Å². The summed E-state index contributed by atoms with van der Waals surface area (Å²) < 4.78 is 25.9. The van der Waals surface area contributed by atoms with Gasteiger partial charge in [0, 0.05) is 4.91 Å². The zero-order chi connectivity index (χ0) is 13.4. The van der Waals surface area contributed by atoms with Gasteiger partial charge in [-0.05, 0) is 26.0 Å². The minimum absolute atomic E-state index is 0.0767. The SMILES string of the molecule is C\C(NNCC(=N)N)=C(F)/C=C(S)\C=C(/C)F. The molecular weight excluding hydrogens is 246 g/mol. The van der Waals surface area contributed by atoms with Crippen LogP contribution in [0.25, 0.3) is 0 Å². The largest absolute Gasteiger partial charge is 0.387 e. The summed E-state index contributed by atoms with van der Waals surface area (Å²) in [5.74, 6) is -1.13. The number of allylic oxidation sites excluding steroid dienone is 5. The van der Waals surface area contributed by atoms with E-state index in [-0.39, 0.29) is 23.0 Å². The van der Waals surface area contributed by atoms with Gasteiger partial charge in [-0.25, -0.2) is 14.2 Å². The van der Waals surface area contributed by atoms with Crippen LogP contribution < -0.4 is 16.6 Å². The number of halogens is 2. The van der Waals surface area contributed by atoms with Crippen LogP contribution >= 0.6 is 12.6 Å². The predicted octanol–water partition coefficient (Wildman–Crippen LogP) is 1.90. The van der Waals surface area contributed by atoms with Crippen molar-refractivity contribution in [3.63, 3.8) is 0 Å². The smallest absolute Gasteiger partial charge is 0.144 e. The van der Waals surface area contributed by atoms with E-state index in [1.54, 1.807) is 0 Å². The predicted molar refractivity (Wildman–Crippen MR) is 68.8 cm³/mol. The summed E-state index contributed by atoms with van der Waals surface area (Å²) in [5.41, 5.74) is 10.3. The fourth-order valence-corrected chi connectivity index (χ4v) is 1.11. The van der Waals surface area contributed by atoms with Gasteiger partial charge in [0.15, 0.2) is 0 Å². The van der Waals surface area contributed by atoms with E-state index in [9.17, 15) is 8.78 Å². The number of hydrazine groups is 1. The van der Waals surface area contributed by atoms with Crippen LogP contribution in [0.1, 0.15) is 13.8 Å². The number of hydrogen-bond acceptors (Lipinski definition) is 4. The summed E-state index contributed by atoms with van der Waals surface area (Å²) in [4.78, 5) is 0.162. The zero-order valence-corrected chi connectivity index (χ0v) is 10.5. The third-order valence-electron chi connectivity index (χ3n) is 1.53. The summed E-state index contributed by atoms with van der Waals surface area (Å²) in [5, 5.41) is 6.93. The fraction of sp³-hybridized carbons (Fsp3) is 0.300. The number of rotatable bonds is 6. The van der Waals surface area contributed by atoms with Crippen LogP contribution in [-0.4, -0.2) is 12.4 Å². The standard InChI is InChI=1S/C10H16F2N4S/c1-6(11)3-8(17)4-9(12)7(2)16-15-5-10(13)14/h3-4,15-17H,5H2,1-2H3,(H3,13,14)/b6-3+,8-4+,9-7-. The second kappa shape index (κ2) is 7.86. The van der Waals surface area contributed by atoms with Crippen molar-refractivity contribution in [2.75, 3.05) is 6.54 Å². The molecule has 0 aromatic heterocycles. The molecular formula is C10H16F2N4S. The van der Waals surface area contributed by atoms with E-state index in [0.717, 1.165) is 12.2 Å². The molecule has 0 radical (unpaired) electrons. The fourth-order valence-electron chi connectivity index (χ4n) is 0.815. The normalized spacial score (nSPS) is 14.4. The Kier molecular flexibility index (Phi) is 7.24. The van der Waals surface area contributed by atoms with Crippen molar-refractivity contribution in [2.45, 2.75) is 13.8 Å². The van der Waals surface area contributed by atoms with E-state index < -0.39 is 11.7 Å². The van der Waals surface area contributed by atoms with Gasteiger partial charge in [-0.2, -0.15) is 0 Å². The molecule has 0 aliphatic heterocycles. The summed E-state index contributed by atoms with van der Waals surface area (Å²) in [6, 6.07) is 0. The minimum Gasteiger partial charge on any atom is -0.387 e. The maximum atomic E-state index is 13.4. The van der Waals surface area contributed by atoms with Crippen molar-refractivity contribution in [3.8, 4) is 0 Å². The number of nitrogens with one attached hydrogen (secondary N) is 3. The van der Waals surface area contributed by atoms with E-state index in [1.807, 2.05) is 0 Å². The van der Waals surface area contributed by atoms with E-state index in [1.165, 1.54) is 13.8 Å². The van der Waals surface area contributed by atoms with Crippen LogP contribution in [0.2, 0.25) is 0 Å². The highest BCUT2D eigenvalue weighted by Crippen LogP contribution is 2.13. The van der Waals surface area contributed by atoms with Gasteiger partial charge in [-0.3, -0.25) is 5.41 Å². The first-order valence-electron chi connectivity index (χ1n) is 4.75. The zero-order valence-electron chi connectivity index (χ0n) is 9.64. The third kappa shape index (κ3) is 8.47. The Morgan fingerprint density at radius 1 is 1.35 bits per heavy atom. The number of hydrogen-bond donors (Lipinski definition) is 5. The number of amidine groups is 1. The molecule has 0 spiro atoms. The Hall–Kier alpha value is -1.34. The van der Waals surface area contributed by atoms with Crippen LogP contribution in [0.4, 0.5) is 8.78 Å². The van der Waals surface area contributed by atoms with E-state index >= 15 is 0 Å². The third-order valence-corrected chi connectivity index (χ3v) is 1.79. The van der Waals surface area contributed by atoms with Crippen LogP contribution in [0.3, 0.4) is 0 Å². The Balaban J connectivity index is 4.49. The summed E-state index contributed by atoms with van der Waals surface area (Å²) >= 11 is 3.90. The van der Waals surface area contributed by atoms with Gasteiger partial charge < -0.3 is 11.2 Å². The van der Waals surface area contributed by atoms with Crippen LogP contribution in [0, 0.1) is 5.41 Å². The molecule has 0 heterocycles. The van der Waals surface area contributed by atoms with E-state index in [0.29, 0.717) is 0 Å². The molecule has 0 saturated carbocycles. The summed E-state index contributed by atoms with van der Waals surface area (Å²) in [6.07, 6.45) is 2.17. The van der Waals surface area contributed by atoms with Crippen LogP contribution in [-0.2, 0) is 0 Å². The maximum Gasteiger partial charge on any atom is 0.144 e. The van der Waals surface area contributed by atoms with E-state index in [4.69, 9.17) is 11.1 Å². The highest BCUT2D eigenvalue weighted by molar-refractivity contribution is 7.84. The first kappa shape index (κ1) is 15.7. The Bertz CT molecular complexity index is 371. The Morgan fingerprint density at radius 2 is 1.94 bits per heavy atom. The molecule has 0 unspecified atom stereocenters. The monoisotopic (exact) mass is 262 g/mol. The first-order valence-corrected chi connectivity index (χ1v) is 5.20. The van der Waals surface area contributed by atoms with Gasteiger partial charge in [-0.1, -0.05) is 0 Å². The van der Waals surface area contributed by atoms with Crippen molar-refractivity contribution in [3.05, 3.63) is 34.4 Å². The molecule has 0 amide bonds. The van der Waals surface area contributed by atoms with Crippen molar-refractivity contribution < 1.29 is 8.78 Å². The molecule has 0 fully saturated rings. The van der Waals surface area contributed by atoms with Gasteiger partial charge >= 0.3 is 0 Å². The van der Waals surface area contributed by atoms with Crippen molar-refractivity contribution >= 4 is 18.5 Å². The molecule has 0 saturated heterocycles. The Morgan fingerprint density at radius 3 is 2.41 bits per heavy atom. The molecule has 5 N–H and O–H groups in total. The molecule has 17 heavy (non-hydrogen) atoms. The average molecular weight is 262 g/mol. The van der Waals surface area contributed by atoms with Crippen LogP contribution in [0.15, 0.2) is 34.4 Å². The lowest BCUT2D eigenvalue weighted by molar-refractivity contribution is 0.591. The van der Waals surface area contributed by atoms with Crippen LogP contribution in [0.5, 0.6) is 0 Å². The molecule has 7 heteroatoms. The summed E-state index contributed by atoms with van der Waals surface area (Å²) in [7, 11) is 0. The highest BCUT2D eigenvalue weighted by atomic mass is 32.1. The lowest BCUT2D eigenvalue weighted by Gasteiger charge is -2.07. The van der Waals surface area contributed by atoms with Gasteiger partial charge in [0.2, 0.25) is 0 Å². The topological polar surface area (TPSA) is 73.9 Å². The number of thiol groups is 1. The van der Waals surface area contributed by atoms with Crippen molar-refractivity contribution in [1.29, 1.82) is 5.41 Å². The molecule has 0 aliphatic carbocycles. The van der Waals surface area contributed by atoms with Crippen molar-refractivity contribution in [2.24, 2.45) is 5.73 Å². The lowest BCUT2D eigenvalue weighted by atomic mass is 10.3. The number of nitrogens with two attached hydrogens (primary N) is 1. The first-order chi connectivity index (χ1) is 7.82. The van der Waals surface area contributed by atoms with Gasteiger partial charge in [0.25, 0.3) is 0 Å². The quantitative estimate of drug-likeness (QED) is 0.167. The van der Waals surface area contributed by atoms with Gasteiger partial charge in [-0.15, -0.1) is 12.6 Å². The molecule has 4 nitrogen and oxygen atoms in total. The molecule has 0 aliphatic rings. The molecule has 0 rings (SSSR count).